The SMILES string of the molecule is CC(C)c1ccc(NCCc2c[nH]c3ccccc23)c(C(=O)O)c1. The van der Waals surface area contributed by atoms with Crippen LogP contribution in [0.5, 0.6) is 0 Å². The van der Waals surface area contributed by atoms with Crippen LogP contribution in [0.1, 0.15) is 41.3 Å². The Morgan fingerprint density at radius 2 is 2.00 bits per heavy atom. The maximum Gasteiger partial charge on any atom is 0.337 e. The smallest absolute Gasteiger partial charge is 0.337 e. The average Bonchev–Trinajstić information content (AvgIpc) is 2.98. The Kier molecular flexibility index (Phi) is 4.56. The number of carboxylic acids is 1. The van der Waals surface area contributed by atoms with Crippen LogP contribution in [0.15, 0.2) is 48.7 Å². The number of carbonyl (C=O) groups is 1. The van der Waals surface area contributed by atoms with Crippen molar-refractivity contribution in [1.29, 1.82) is 0 Å². The van der Waals surface area contributed by atoms with Crippen LogP contribution in [-0.2, 0) is 6.42 Å². The van der Waals surface area contributed by atoms with Gasteiger partial charge in [-0.3, -0.25) is 0 Å². The number of aromatic amines is 1. The summed E-state index contributed by atoms with van der Waals surface area (Å²) in [5, 5.41) is 13.9. The Balaban J connectivity index is 1.73. The summed E-state index contributed by atoms with van der Waals surface area (Å²) in [6.07, 6.45) is 2.85. The minimum atomic E-state index is -0.896. The fourth-order valence-corrected chi connectivity index (χ4v) is 2.92. The predicted octanol–water partition coefficient (Wildman–Crippen LogP) is 4.64. The fourth-order valence-electron chi connectivity index (χ4n) is 2.92. The lowest BCUT2D eigenvalue weighted by Gasteiger charge is -2.13. The van der Waals surface area contributed by atoms with E-state index in [1.54, 1.807) is 6.07 Å². The van der Waals surface area contributed by atoms with Gasteiger partial charge in [0.25, 0.3) is 0 Å². The predicted molar refractivity (Wildman–Crippen MR) is 98.0 cm³/mol. The maximum atomic E-state index is 11.5. The van der Waals surface area contributed by atoms with Crippen molar-refractivity contribution in [3.8, 4) is 0 Å². The van der Waals surface area contributed by atoms with Crippen molar-refractivity contribution in [1.82, 2.24) is 4.98 Å². The van der Waals surface area contributed by atoms with E-state index in [4.69, 9.17) is 0 Å². The molecule has 1 heterocycles. The number of para-hydroxylation sites is 1. The number of anilines is 1. The first-order chi connectivity index (χ1) is 11.6. The molecule has 0 saturated heterocycles. The van der Waals surface area contributed by atoms with E-state index in [9.17, 15) is 9.90 Å². The molecule has 0 saturated carbocycles. The van der Waals surface area contributed by atoms with E-state index in [-0.39, 0.29) is 0 Å². The van der Waals surface area contributed by atoms with Crippen molar-refractivity contribution in [3.63, 3.8) is 0 Å². The van der Waals surface area contributed by atoms with Gasteiger partial charge in [0.15, 0.2) is 0 Å². The molecule has 0 amide bonds. The Bertz CT molecular complexity index is 865. The third-order valence-corrected chi connectivity index (χ3v) is 4.33. The van der Waals surface area contributed by atoms with Gasteiger partial charge < -0.3 is 15.4 Å². The van der Waals surface area contributed by atoms with Gasteiger partial charge in [0.1, 0.15) is 0 Å². The molecule has 4 heteroatoms. The average molecular weight is 322 g/mol. The summed E-state index contributed by atoms with van der Waals surface area (Å²) in [4.78, 5) is 14.8. The van der Waals surface area contributed by atoms with Crippen LogP contribution in [0.3, 0.4) is 0 Å². The van der Waals surface area contributed by atoms with Crippen molar-refractivity contribution in [2.75, 3.05) is 11.9 Å². The zero-order valence-electron chi connectivity index (χ0n) is 14.0. The first-order valence-corrected chi connectivity index (χ1v) is 8.22. The molecule has 0 spiro atoms. The Morgan fingerprint density at radius 1 is 1.21 bits per heavy atom. The zero-order chi connectivity index (χ0) is 17.1. The number of aromatic carboxylic acids is 1. The fraction of sp³-hybridized carbons (Fsp3) is 0.250. The monoisotopic (exact) mass is 322 g/mol. The largest absolute Gasteiger partial charge is 0.478 e. The van der Waals surface area contributed by atoms with E-state index in [0.717, 1.165) is 17.5 Å². The van der Waals surface area contributed by atoms with Crippen LogP contribution in [0.25, 0.3) is 10.9 Å². The van der Waals surface area contributed by atoms with Crippen molar-refractivity contribution < 1.29 is 9.90 Å². The number of nitrogens with one attached hydrogen (secondary N) is 2. The molecule has 0 fully saturated rings. The van der Waals surface area contributed by atoms with E-state index in [1.807, 2.05) is 30.5 Å². The first kappa shape index (κ1) is 16.1. The van der Waals surface area contributed by atoms with E-state index >= 15 is 0 Å². The molecule has 0 aliphatic rings. The highest BCUT2D eigenvalue weighted by Crippen LogP contribution is 2.23. The highest BCUT2D eigenvalue weighted by Gasteiger charge is 2.12. The molecule has 1 aromatic heterocycles. The van der Waals surface area contributed by atoms with Crippen molar-refractivity contribution in [3.05, 3.63) is 65.4 Å². The summed E-state index contributed by atoms with van der Waals surface area (Å²) < 4.78 is 0. The molecule has 0 unspecified atom stereocenters. The van der Waals surface area contributed by atoms with Gasteiger partial charge in [-0.05, 0) is 41.7 Å². The lowest BCUT2D eigenvalue weighted by Crippen LogP contribution is -2.10. The topological polar surface area (TPSA) is 65.1 Å². The highest BCUT2D eigenvalue weighted by atomic mass is 16.4. The lowest BCUT2D eigenvalue weighted by molar-refractivity contribution is 0.0698. The van der Waals surface area contributed by atoms with Gasteiger partial charge in [0.2, 0.25) is 0 Å². The molecule has 3 aromatic rings. The van der Waals surface area contributed by atoms with Crippen LogP contribution >= 0.6 is 0 Å². The van der Waals surface area contributed by atoms with Gasteiger partial charge in [0.05, 0.1) is 5.56 Å². The first-order valence-electron chi connectivity index (χ1n) is 8.22. The maximum absolute atomic E-state index is 11.5. The van der Waals surface area contributed by atoms with Crippen molar-refractivity contribution in [2.24, 2.45) is 0 Å². The summed E-state index contributed by atoms with van der Waals surface area (Å²) in [5.74, 6) is -0.588. The van der Waals surface area contributed by atoms with Gasteiger partial charge >= 0.3 is 5.97 Å². The van der Waals surface area contributed by atoms with Crippen LogP contribution in [0.2, 0.25) is 0 Å². The van der Waals surface area contributed by atoms with E-state index in [0.29, 0.717) is 23.7 Å². The molecule has 24 heavy (non-hydrogen) atoms. The van der Waals surface area contributed by atoms with Gasteiger partial charge in [0, 0.05) is 29.3 Å². The number of H-pyrrole nitrogens is 1. The minimum absolute atomic E-state index is 0.309. The quantitative estimate of drug-likeness (QED) is 0.619. The number of hydrogen-bond acceptors (Lipinski definition) is 2. The number of fused-ring (bicyclic) bond motifs is 1. The molecule has 0 atom stereocenters. The number of rotatable bonds is 6. The van der Waals surface area contributed by atoms with Gasteiger partial charge in [-0.2, -0.15) is 0 Å². The summed E-state index contributed by atoms with van der Waals surface area (Å²) in [7, 11) is 0. The number of aromatic nitrogens is 1. The van der Waals surface area contributed by atoms with Crippen LogP contribution in [0, 0.1) is 0 Å². The van der Waals surface area contributed by atoms with Crippen molar-refractivity contribution in [2.45, 2.75) is 26.2 Å². The third-order valence-electron chi connectivity index (χ3n) is 4.33. The molecule has 4 nitrogen and oxygen atoms in total. The zero-order valence-corrected chi connectivity index (χ0v) is 14.0. The van der Waals surface area contributed by atoms with Crippen LogP contribution < -0.4 is 5.32 Å². The molecule has 3 N–H and O–H groups in total. The normalized spacial score (nSPS) is 11.1. The van der Waals surface area contributed by atoms with Gasteiger partial charge in [-0.1, -0.05) is 38.1 Å². The summed E-state index contributed by atoms with van der Waals surface area (Å²) in [6, 6.07) is 13.8. The van der Waals surface area contributed by atoms with E-state index in [2.05, 4.69) is 36.3 Å². The van der Waals surface area contributed by atoms with E-state index < -0.39 is 5.97 Å². The lowest BCUT2D eigenvalue weighted by atomic mass is 9.99. The highest BCUT2D eigenvalue weighted by molar-refractivity contribution is 5.94. The summed E-state index contributed by atoms with van der Waals surface area (Å²) >= 11 is 0. The second kappa shape index (κ2) is 6.79. The Labute approximate surface area is 141 Å². The Hall–Kier alpha value is -2.75. The van der Waals surface area contributed by atoms with E-state index in [1.165, 1.54) is 10.9 Å². The molecule has 0 aliphatic carbocycles. The minimum Gasteiger partial charge on any atom is -0.478 e. The van der Waals surface area contributed by atoms with Gasteiger partial charge in [-0.15, -0.1) is 0 Å². The van der Waals surface area contributed by atoms with Gasteiger partial charge in [-0.25, -0.2) is 4.79 Å². The molecule has 2 aromatic carbocycles. The molecule has 3 rings (SSSR count). The number of benzene rings is 2. The molecule has 0 bridgehead atoms. The molecule has 124 valence electrons. The summed E-state index contributed by atoms with van der Waals surface area (Å²) in [5.41, 5.74) is 4.40. The number of carboxylic acid groups (broad SMARTS) is 1. The standard InChI is InChI=1S/C20H22N2O2/c1-13(2)14-7-8-19(17(11-14)20(23)24)21-10-9-15-12-22-18-6-4-3-5-16(15)18/h3-8,11-13,21-22H,9-10H2,1-2H3,(H,23,24). The molecule has 0 radical (unpaired) electrons. The molecule has 0 aliphatic heterocycles. The Morgan fingerprint density at radius 3 is 2.75 bits per heavy atom. The second-order valence-corrected chi connectivity index (χ2v) is 6.30. The van der Waals surface area contributed by atoms with Crippen LogP contribution in [-0.4, -0.2) is 22.6 Å². The summed E-state index contributed by atoms with van der Waals surface area (Å²) in [6.45, 7) is 4.80. The number of hydrogen-bond donors (Lipinski definition) is 3. The molecular weight excluding hydrogens is 300 g/mol. The second-order valence-electron chi connectivity index (χ2n) is 6.30. The molecular formula is C20H22N2O2. The third kappa shape index (κ3) is 3.27. The van der Waals surface area contributed by atoms with Crippen LogP contribution in [0.4, 0.5) is 5.69 Å². The van der Waals surface area contributed by atoms with Crippen molar-refractivity contribution >= 4 is 22.6 Å².